The monoisotopic (exact) mass is 302 g/mol. The first kappa shape index (κ1) is 16.2. The van der Waals surface area contributed by atoms with Crippen molar-refractivity contribution < 1.29 is 19.0 Å². The van der Waals surface area contributed by atoms with E-state index in [0.29, 0.717) is 5.75 Å². The Balaban J connectivity index is 2.19. The highest BCUT2D eigenvalue weighted by Crippen LogP contribution is 2.28. The van der Waals surface area contributed by atoms with Crippen LogP contribution in [0.15, 0.2) is 42.5 Å². The van der Waals surface area contributed by atoms with Crippen LogP contribution >= 0.6 is 0 Å². The highest BCUT2D eigenvalue weighted by molar-refractivity contribution is 5.97. The molecular formula is C18H19FO3. The van der Waals surface area contributed by atoms with Gasteiger partial charge in [-0.25, -0.2) is 4.39 Å². The van der Waals surface area contributed by atoms with Gasteiger partial charge in [-0.1, -0.05) is 32.9 Å². The van der Waals surface area contributed by atoms with Crippen molar-refractivity contribution in [2.75, 3.05) is 6.61 Å². The number of halogens is 1. The van der Waals surface area contributed by atoms with Crippen molar-refractivity contribution in [2.24, 2.45) is 0 Å². The molecule has 0 fully saturated rings. The predicted octanol–water partition coefficient (Wildman–Crippen LogP) is 4.09. The molecule has 2 aromatic rings. The number of aliphatic hydroxyl groups excluding tert-OH is 1. The molecular weight excluding hydrogens is 283 g/mol. The fourth-order valence-electron chi connectivity index (χ4n) is 2.00. The second kappa shape index (κ2) is 6.28. The average Bonchev–Trinajstić information content (AvgIpc) is 2.48. The molecule has 0 amide bonds. The zero-order valence-electron chi connectivity index (χ0n) is 12.9. The van der Waals surface area contributed by atoms with Gasteiger partial charge in [0, 0.05) is 5.56 Å². The number of rotatable bonds is 4. The van der Waals surface area contributed by atoms with Gasteiger partial charge in [-0.3, -0.25) is 4.79 Å². The molecule has 0 saturated carbocycles. The van der Waals surface area contributed by atoms with Crippen molar-refractivity contribution >= 4 is 5.78 Å². The maximum absolute atomic E-state index is 13.9. The van der Waals surface area contributed by atoms with Crippen LogP contribution in [0.4, 0.5) is 4.39 Å². The number of carbonyl (C=O) groups excluding carboxylic acids is 1. The molecule has 0 radical (unpaired) electrons. The van der Waals surface area contributed by atoms with E-state index in [1.807, 2.05) is 12.1 Å². The Labute approximate surface area is 129 Å². The number of aliphatic hydroxyl groups is 1. The molecule has 3 nitrogen and oxygen atoms in total. The summed E-state index contributed by atoms with van der Waals surface area (Å²) in [5.41, 5.74) is 1.32. The fourth-order valence-corrected chi connectivity index (χ4v) is 2.00. The number of hydrogen-bond acceptors (Lipinski definition) is 3. The van der Waals surface area contributed by atoms with Gasteiger partial charge in [0.25, 0.3) is 0 Å². The van der Waals surface area contributed by atoms with Crippen LogP contribution in [-0.2, 0) is 5.41 Å². The van der Waals surface area contributed by atoms with Gasteiger partial charge in [0.1, 0.15) is 12.4 Å². The van der Waals surface area contributed by atoms with Crippen LogP contribution in [0.3, 0.4) is 0 Å². The summed E-state index contributed by atoms with van der Waals surface area (Å²) in [6, 6.07) is 11.3. The van der Waals surface area contributed by atoms with Crippen molar-refractivity contribution in [1.82, 2.24) is 0 Å². The second-order valence-corrected chi connectivity index (χ2v) is 6.10. The van der Waals surface area contributed by atoms with Gasteiger partial charge in [-0.2, -0.15) is 0 Å². The third-order valence-electron chi connectivity index (χ3n) is 3.35. The molecule has 4 heteroatoms. The first-order valence-electron chi connectivity index (χ1n) is 7.03. The lowest BCUT2D eigenvalue weighted by molar-refractivity contribution is 0.0903. The van der Waals surface area contributed by atoms with Gasteiger partial charge >= 0.3 is 0 Å². The van der Waals surface area contributed by atoms with E-state index in [0.717, 1.165) is 11.6 Å². The van der Waals surface area contributed by atoms with Crippen LogP contribution < -0.4 is 4.74 Å². The Hall–Kier alpha value is -2.20. The van der Waals surface area contributed by atoms with Crippen LogP contribution in [0.25, 0.3) is 0 Å². The lowest BCUT2D eigenvalue weighted by Crippen LogP contribution is -2.10. The third kappa shape index (κ3) is 3.71. The van der Waals surface area contributed by atoms with Gasteiger partial charge in [0.15, 0.2) is 17.3 Å². The molecule has 0 saturated heterocycles. The standard InChI is InChI=1S/C18H19FO3/c1-18(2,3)13-5-7-14(8-6-13)22-17-9-4-12(10-15(17)19)16(21)11-20/h4-10,20H,11H2,1-3H3. The minimum absolute atomic E-state index is 0.0378. The van der Waals surface area contributed by atoms with Gasteiger partial charge < -0.3 is 9.84 Å². The van der Waals surface area contributed by atoms with Crippen LogP contribution in [0.1, 0.15) is 36.7 Å². The normalized spacial score (nSPS) is 11.3. The lowest BCUT2D eigenvalue weighted by atomic mass is 9.87. The van der Waals surface area contributed by atoms with Gasteiger partial charge in [0.05, 0.1) is 0 Å². The molecule has 0 atom stereocenters. The van der Waals surface area contributed by atoms with Crippen LogP contribution in [0.5, 0.6) is 11.5 Å². The van der Waals surface area contributed by atoms with E-state index >= 15 is 0 Å². The Morgan fingerprint density at radius 1 is 1.14 bits per heavy atom. The van der Waals surface area contributed by atoms with E-state index in [4.69, 9.17) is 9.84 Å². The zero-order chi connectivity index (χ0) is 16.3. The summed E-state index contributed by atoms with van der Waals surface area (Å²) in [5.74, 6) is -0.606. The largest absolute Gasteiger partial charge is 0.454 e. The summed E-state index contributed by atoms with van der Waals surface area (Å²) in [4.78, 5) is 11.3. The molecule has 1 N–H and O–H groups in total. The predicted molar refractivity (Wildman–Crippen MR) is 83.0 cm³/mol. The molecule has 0 unspecified atom stereocenters. The molecule has 0 aliphatic carbocycles. The summed E-state index contributed by atoms with van der Waals surface area (Å²) in [6.45, 7) is 5.69. The molecule has 2 aromatic carbocycles. The maximum atomic E-state index is 13.9. The highest BCUT2D eigenvalue weighted by atomic mass is 19.1. The van der Waals surface area contributed by atoms with Crippen molar-refractivity contribution in [3.63, 3.8) is 0 Å². The third-order valence-corrected chi connectivity index (χ3v) is 3.35. The molecule has 22 heavy (non-hydrogen) atoms. The number of Topliss-reactive ketones (excluding diaryl/α,β-unsaturated/α-hetero) is 1. The Morgan fingerprint density at radius 2 is 1.77 bits per heavy atom. The number of ketones is 1. The summed E-state index contributed by atoms with van der Waals surface area (Å²) >= 11 is 0. The van der Waals surface area contributed by atoms with Crippen molar-refractivity contribution in [2.45, 2.75) is 26.2 Å². The van der Waals surface area contributed by atoms with E-state index in [9.17, 15) is 9.18 Å². The summed E-state index contributed by atoms with van der Waals surface area (Å²) in [6.07, 6.45) is 0. The fraction of sp³-hybridized carbons (Fsp3) is 0.278. The second-order valence-electron chi connectivity index (χ2n) is 6.10. The molecule has 0 aromatic heterocycles. The molecule has 0 aliphatic heterocycles. The molecule has 0 heterocycles. The van der Waals surface area contributed by atoms with E-state index in [-0.39, 0.29) is 16.7 Å². The zero-order valence-corrected chi connectivity index (χ0v) is 12.9. The molecule has 116 valence electrons. The molecule has 0 aliphatic rings. The van der Waals surface area contributed by atoms with E-state index in [2.05, 4.69) is 20.8 Å². The first-order valence-corrected chi connectivity index (χ1v) is 7.03. The number of benzene rings is 2. The van der Waals surface area contributed by atoms with E-state index < -0.39 is 18.2 Å². The number of carbonyl (C=O) groups is 1. The van der Waals surface area contributed by atoms with Gasteiger partial charge in [0.2, 0.25) is 0 Å². The quantitative estimate of drug-likeness (QED) is 0.865. The molecule has 2 rings (SSSR count). The molecule has 0 spiro atoms. The van der Waals surface area contributed by atoms with E-state index in [1.54, 1.807) is 12.1 Å². The Kier molecular flexibility index (Phi) is 4.62. The van der Waals surface area contributed by atoms with Crippen LogP contribution in [0.2, 0.25) is 0 Å². The van der Waals surface area contributed by atoms with Crippen LogP contribution in [0, 0.1) is 5.82 Å². The number of hydrogen-bond donors (Lipinski definition) is 1. The highest BCUT2D eigenvalue weighted by Gasteiger charge is 2.14. The summed E-state index contributed by atoms with van der Waals surface area (Å²) in [7, 11) is 0. The smallest absolute Gasteiger partial charge is 0.188 e. The molecule has 0 bridgehead atoms. The van der Waals surface area contributed by atoms with Gasteiger partial charge in [-0.05, 0) is 41.3 Å². The number of ether oxygens (including phenoxy) is 1. The average molecular weight is 302 g/mol. The van der Waals surface area contributed by atoms with Crippen molar-refractivity contribution in [1.29, 1.82) is 0 Å². The van der Waals surface area contributed by atoms with Crippen molar-refractivity contribution in [3.05, 3.63) is 59.4 Å². The summed E-state index contributed by atoms with van der Waals surface area (Å²) in [5, 5.41) is 8.77. The first-order chi connectivity index (χ1) is 10.3. The van der Waals surface area contributed by atoms with Gasteiger partial charge in [-0.15, -0.1) is 0 Å². The van der Waals surface area contributed by atoms with Crippen molar-refractivity contribution in [3.8, 4) is 11.5 Å². The minimum Gasteiger partial charge on any atom is -0.454 e. The van der Waals surface area contributed by atoms with Crippen LogP contribution in [-0.4, -0.2) is 17.5 Å². The minimum atomic E-state index is -0.645. The Morgan fingerprint density at radius 3 is 2.27 bits per heavy atom. The topological polar surface area (TPSA) is 46.5 Å². The maximum Gasteiger partial charge on any atom is 0.188 e. The van der Waals surface area contributed by atoms with E-state index in [1.165, 1.54) is 12.1 Å². The lowest BCUT2D eigenvalue weighted by Gasteiger charge is -2.19. The SMILES string of the molecule is CC(C)(C)c1ccc(Oc2ccc(C(=O)CO)cc2F)cc1. The Bertz CT molecular complexity index is 670. The summed E-state index contributed by atoms with van der Waals surface area (Å²) < 4.78 is 19.4.